The predicted octanol–water partition coefficient (Wildman–Crippen LogP) is 3.79. The second-order valence-electron chi connectivity index (χ2n) is 4.34. The Morgan fingerprint density at radius 1 is 1.15 bits per heavy atom. The van der Waals surface area contributed by atoms with E-state index in [1.165, 1.54) is 12.1 Å². The first-order valence-electron chi connectivity index (χ1n) is 6.76. The third-order valence-electron chi connectivity index (χ3n) is 2.66. The summed E-state index contributed by atoms with van der Waals surface area (Å²) in [4.78, 5) is 8.69. The van der Waals surface area contributed by atoms with E-state index in [2.05, 4.69) is 22.2 Å². The Balaban J connectivity index is 2.19. The molecular weight excluding hydrogens is 257 g/mol. The highest BCUT2D eigenvalue weighted by Crippen LogP contribution is 2.22. The molecule has 0 unspecified atom stereocenters. The highest BCUT2D eigenvalue weighted by molar-refractivity contribution is 5.40. The number of benzene rings is 1. The van der Waals surface area contributed by atoms with Gasteiger partial charge in [-0.05, 0) is 30.7 Å². The smallest absolute Gasteiger partial charge is 0.224 e. The van der Waals surface area contributed by atoms with Crippen molar-refractivity contribution in [2.45, 2.75) is 26.7 Å². The van der Waals surface area contributed by atoms with Gasteiger partial charge >= 0.3 is 0 Å². The Morgan fingerprint density at radius 3 is 2.55 bits per heavy atom. The molecule has 106 valence electrons. The third kappa shape index (κ3) is 3.91. The number of halogens is 1. The number of anilines is 1. The van der Waals surface area contributed by atoms with Gasteiger partial charge in [-0.3, -0.25) is 0 Å². The maximum Gasteiger partial charge on any atom is 0.224 e. The van der Waals surface area contributed by atoms with Crippen molar-refractivity contribution in [1.82, 2.24) is 9.97 Å². The van der Waals surface area contributed by atoms with Crippen LogP contribution in [0.2, 0.25) is 0 Å². The first-order valence-corrected chi connectivity index (χ1v) is 6.76. The van der Waals surface area contributed by atoms with Gasteiger partial charge in [-0.25, -0.2) is 9.37 Å². The van der Waals surface area contributed by atoms with Crippen LogP contribution in [0, 0.1) is 5.82 Å². The molecule has 0 saturated carbocycles. The summed E-state index contributed by atoms with van der Waals surface area (Å²) in [6.45, 7) is 4.92. The van der Waals surface area contributed by atoms with E-state index in [1.54, 1.807) is 18.2 Å². The number of aryl methyl sites for hydroxylation is 1. The van der Waals surface area contributed by atoms with Crippen molar-refractivity contribution in [3.8, 4) is 11.6 Å². The molecule has 4 nitrogen and oxygen atoms in total. The van der Waals surface area contributed by atoms with Crippen LogP contribution in [0.15, 0.2) is 30.3 Å². The lowest BCUT2D eigenvalue weighted by Crippen LogP contribution is -2.05. The van der Waals surface area contributed by atoms with Gasteiger partial charge in [0.25, 0.3) is 0 Å². The molecule has 2 aromatic rings. The first kappa shape index (κ1) is 14.2. The number of hydrogen-bond donors (Lipinski definition) is 1. The lowest BCUT2D eigenvalue weighted by atomic mass is 10.3. The maximum atomic E-state index is 12.9. The zero-order valence-electron chi connectivity index (χ0n) is 11.7. The van der Waals surface area contributed by atoms with Crippen molar-refractivity contribution in [2.75, 3.05) is 11.9 Å². The van der Waals surface area contributed by atoms with Crippen LogP contribution in [0.1, 0.15) is 26.1 Å². The van der Waals surface area contributed by atoms with Gasteiger partial charge < -0.3 is 10.1 Å². The average Bonchev–Trinajstić information content (AvgIpc) is 2.47. The van der Waals surface area contributed by atoms with Crippen molar-refractivity contribution >= 4 is 5.82 Å². The van der Waals surface area contributed by atoms with Gasteiger partial charge in [-0.15, -0.1) is 0 Å². The van der Waals surface area contributed by atoms with Crippen LogP contribution in [-0.4, -0.2) is 16.5 Å². The van der Waals surface area contributed by atoms with E-state index in [9.17, 15) is 4.39 Å². The summed E-state index contributed by atoms with van der Waals surface area (Å²) in [5.41, 5.74) is 0. The number of aromatic nitrogens is 2. The van der Waals surface area contributed by atoms with Crippen LogP contribution in [0.3, 0.4) is 0 Å². The minimum Gasteiger partial charge on any atom is -0.439 e. The average molecular weight is 275 g/mol. The fourth-order valence-electron chi connectivity index (χ4n) is 1.65. The summed E-state index contributed by atoms with van der Waals surface area (Å²) in [5.74, 6) is 2.18. The minimum absolute atomic E-state index is 0.292. The molecule has 0 spiro atoms. The maximum absolute atomic E-state index is 12.9. The van der Waals surface area contributed by atoms with Gasteiger partial charge in [-0.1, -0.05) is 13.8 Å². The van der Waals surface area contributed by atoms with Crippen molar-refractivity contribution < 1.29 is 9.13 Å². The summed E-state index contributed by atoms with van der Waals surface area (Å²) in [6.07, 6.45) is 1.74. The highest BCUT2D eigenvalue weighted by atomic mass is 19.1. The largest absolute Gasteiger partial charge is 0.439 e. The number of nitrogens with one attached hydrogen (secondary N) is 1. The molecule has 0 saturated heterocycles. The molecule has 2 rings (SSSR count). The van der Waals surface area contributed by atoms with Gasteiger partial charge in [0.05, 0.1) is 0 Å². The van der Waals surface area contributed by atoms with Crippen molar-refractivity contribution in [2.24, 2.45) is 0 Å². The van der Waals surface area contributed by atoms with Gasteiger partial charge in [0.15, 0.2) is 0 Å². The summed E-state index contributed by atoms with van der Waals surface area (Å²) >= 11 is 0. The minimum atomic E-state index is -0.292. The molecule has 1 N–H and O–H groups in total. The molecule has 0 atom stereocenters. The van der Waals surface area contributed by atoms with E-state index in [0.29, 0.717) is 17.5 Å². The molecule has 1 aromatic heterocycles. The fourth-order valence-corrected chi connectivity index (χ4v) is 1.65. The molecule has 0 bridgehead atoms. The van der Waals surface area contributed by atoms with Crippen molar-refractivity contribution in [1.29, 1.82) is 0 Å². The van der Waals surface area contributed by atoms with Crippen molar-refractivity contribution in [3.05, 3.63) is 42.0 Å². The zero-order valence-corrected chi connectivity index (χ0v) is 11.7. The molecule has 0 aliphatic heterocycles. The molecule has 0 fully saturated rings. The summed E-state index contributed by atoms with van der Waals surface area (Å²) in [5, 5.41) is 3.21. The highest BCUT2D eigenvalue weighted by Gasteiger charge is 2.05. The van der Waals surface area contributed by atoms with Crippen molar-refractivity contribution in [3.63, 3.8) is 0 Å². The Hall–Kier alpha value is -2.17. The number of nitrogens with zero attached hydrogens (tertiary/aromatic N) is 2. The van der Waals surface area contributed by atoms with Gasteiger partial charge in [0.1, 0.15) is 23.2 Å². The fraction of sp³-hybridized carbons (Fsp3) is 0.333. The SMILES string of the molecule is CCCNc1cc(Oc2ccc(F)cc2)nc(CC)n1. The van der Waals surface area contributed by atoms with E-state index in [4.69, 9.17) is 4.74 Å². The zero-order chi connectivity index (χ0) is 14.4. The Bertz CT molecular complexity index is 558. The quantitative estimate of drug-likeness (QED) is 0.871. The molecule has 5 heteroatoms. The van der Waals surface area contributed by atoms with Crippen LogP contribution in [0.4, 0.5) is 10.2 Å². The van der Waals surface area contributed by atoms with Crippen LogP contribution >= 0.6 is 0 Å². The Labute approximate surface area is 118 Å². The van der Waals surface area contributed by atoms with E-state index in [0.717, 1.165) is 25.2 Å². The molecule has 1 heterocycles. The van der Waals surface area contributed by atoms with Gasteiger partial charge in [0, 0.05) is 19.0 Å². The number of hydrogen-bond acceptors (Lipinski definition) is 4. The second kappa shape index (κ2) is 6.84. The lowest BCUT2D eigenvalue weighted by Gasteiger charge is -2.09. The standard InChI is InChI=1S/C15H18FN3O/c1-3-9-17-14-10-15(19-13(4-2)18-14)20-12-7-5-11(16)6-8-12/h5-8,10H,3-4,9H2,1-2H3,(H,17,18,19). The van der Waals surface area contributed by atoms with E-state index >= 15 is 0 Å². The first-order chi connectivity index (χ1) is 9.71. The van der Waals surface area contributed by atoms with Crippen LogP contribution in [-0.2, 0) is 6.42 Å². The third-order valence-corrected chi connectivity index (χ3v) is 2.66. The summed E-state index contributed by atoms with van der Waals surface area (Å²) < 4.78 is 18.5. The predicted molar refractivity (Wildman–Crippen MR) is 76.7 cm³/mol. The second-order valence-corrected chi connectivity index (χ2v) is 4.34. The van der Waals surface area contributed by atoms with E-state index in [1.807, 2.05) is 6.92 Å². The summed E-state index contributed by atoms with van der Waals surface area (Å²) in [7, 11) is 0. The topological polar surface area (TPSA) is 47.0 Å². The lowest BCUT2D eigenvalue weighted by molar-refractivity contribution is 0.457. The number of rotatable bonds is 6. The van der Waals surface area contributed by atoms with Gasteiger partial charge in [-0.2, -0.15) is 4.98 Å². The van der Waals surface area contributed by atoms with Crippen LogP contribution in [0.5, 0.6) is 11.6 Å². The molecule has 0 aliphatic rings. The normalized spacial score (nSPS) is 10.3. The molecule has 0 aliphatic carbocycles. The number of ether oxygens (including phenoxy) is 1. The molecule has 0 radical (unpaired) electrons. The van der Waals surface area contributed by atoms with Crippen LogP contribution < -0.4 is 10.1 Å². The van der Waals surface area contributed by atoms with Crippen LogP contribution in [0.25, 0.3) is 0 Å². The molecule has 20 heavy (non-hydrogen) atoms. The van der Waals surface area contributed by atoms with Gasteiger partial charge in [0.2, 0.25) is 5.88 Å². The van der Waals surface area contributed by atoms with E-state index < -0.39 is 0 Å². The molecular formula is C15H18FN3O. The monoisotopic (exact) mass is 275 g/mol. The summed E-state index contributed by atoms with van der Waals surface area (Å²) in [6, 6.07) is 7.60. The molecule has 1 aromatic carbocycles. The molecule has 0 amide bonds. The Morgan fingerprint density at radius 2 is 1.90 bits per heavy atom. The Kier molecular flexibility index (Phi) is 4.87. The van der Waals surface area contributed by atoms with E-state index in [-0.39, 0.29) is 5.82 Å².